The summed E-state index contributed by atoms with van der Waals surface area (Å²) in [5, 5.41) is 0.777. The van der Waals surface area contributed by atoms with Crippen LogP contribution in [-0.2, 0) is 4.87 Å². The van der Waals surface area contributed by atoms with Crippen molar-refractivity contribution in [1.82, 2.24) is 4.90 Å². The van der Waals surface area contributed by atoms with Crippen molar-refractivity contribution < 1.29 is 0 Å². The quantitative estimate of drug-likeness (QED) is 0.677. The number of halogens is 1. The van der Waals surface area contributed by atoms with Crippen molar-refractivity contribution in [1.29, 1.82) is 0 Å². The Morgan fingerprint density at radius 3 is 2.73 bits per heavy atom. The lowest BCUT2D eigenvalue weighted by Gasteiger charge is -2.34. The minimum atomic E-state index is -0.199. The molecule has 2 aliphatic heterocycles. The van der Waals surface area contributed by atoms with Gasteiger partial charge in [-0.1, -0.05) is 48.1 Å². The van der Waals surface area contributed by atoms with E-state index in [9.17, 15) is 0 Å². The molecule has 22 heavy (non-hydrogen) atoms. The maximum absolute atomic E-state index is 6.30. The Morgan fingerprint density at radius 1 is 1.14 bits per heavy atom. The number of thiocarbonyl (C=S) groups is 1. The molecule has 1 nitrogen and oxygen atoms in total. The van der Waals surface area contributed by atoms with Gasteiger partial charge in [0, 0.05) is 28.4 Å². The lowest BCUT2D eigenvalue weighted by Crippen LogP contribution is -2.37. The van der Waals surface area contributed by atoms with Gasteiger partial charge in [0.2, 0.25) is 0 Å². The van der Waals surface area contributed by atoms with Gasteiger partial charge in [-0.3, -0.25) is 0 Å². The molecule has 2 aromatic rings. The first kappa shape index (κ1) is 14.6. The summed E-state index contributed by atoms with van der Waals surface area (Å²) in [6.45, 7) is 5.31. The molecule has 4 rings (SSSR count). The maximum Gasteiger partial charge on any atom is 0.139 e. The van der Waals surface area contributed by atoms with Gasteiger partial charge in [0.1, 0.15) is 9.86 Å². The molecule has 112 valence electrons. The molecule has 0 saturated carbocycles. The van der Waals surface area contributed by atoms with Crippen LogP contribution in [0.2, 0.25) is 5.02 Å². The fourth-order valence-electron chi connectivity index (χ4n) is 3.46. The van der Waals surface area contributed by atoms with E-state index in [0.29, 0.717) is 0 Å². The van der Waals surface area contributed by atoms with E-state index in [0.717, 1.165) is 27.9 Å². The highest BCUT2D eigenvalue weighted by Crippen LogP contribution is 2.56. The molecular weight excluding hydrogens is 330 g/mol. The maximum atomic E-state index is 6.30. The van der Waals surface area contributed by atoms with Crippen molar-refractivity contribution >= 4 is 40.6 Å². The SMILES string of the molecule is Cc1ccc(C23SCCN2C(=S)c2ccc(Cl)cc23)cc1C. The number of nitrogens with zero attached hydrogens (tertiary/aromatic N) is 1. The van der Waals surface area contributed by atoms with Crippen LogP contribution in [0.3, 0.4) is 0 Å². The van der Waals surface area contributed by atoms with Crippen molar-refractivity contribution in [3.05, 3.63) is 69.2 Å². The Labute approximate surface area is 145 Å². The Kier molecular flexibility index (Phi) is 3.30. The first-order valence-electron chi connectivity index (χ1n) is 7.38. The average Bonchev–Trinajstić information content (AvgIpc) is 3.02. The molecule has 2 aliphatic rings. The molecule has 2 aromatic carbocycles. The van der Waals surface area contributed by atoms with Crippen molar-refractivity contribution in [2.24, 2.45) is 0 Å². The topological polar surface area (TPSA) is 3.24 Å². The van der Waals surface area contributed by atoms with E-state index in [1.165, 1.54) is 22.3 Å². The molecule has 1 saturated heterocycles. The van der Waals surface area contributed by atoms with Crippen LogP contribution in [0.25, 0.3) is 0 Å². The number of hydrogen-bond donors (Lipinski definition) is 0. The number of rotatable bonds is 1. The predicted octanol–water partition coefficient (Wildman–Crippen LogP) is 4.90. The Morgan fingerprint density at radius 2 is 1.95 bits per heavy atom. The van der Waals surface area contributed by atoms with Crippen LogP contribution in [0.5, 0.6) is 0 Å². The zero-order valence-electron chi connectivity index (χ0n) is 12.5. The minimum absolute atomic E-state index is 0.199. The van der Waals surface area contributed by atoms with E-state index >= 15 is 0 Å². The minimum Gasteiger partial charge on any atom is -0.339 e. The Hall–Kier alpha value is -1.03. The number of thioether (sulfide) groups is 1. The van der Waals surface area contributed by atoms with Crippen LogP contribution in [-0.4, -0.2) is 22.2 Å². The fraction of sp³-hybridized carbons (Fsp3) is 0.278. The molecular formula is C18H16ClNS2. The smallest absolute Gasteiger partial charge is 0.139 e. The van der Waals surface area contributed by atoms with Crippen molar-refractivity contribution in [3.63, 3.8) is 0 Å². The monoisotopic (exact) mass is 345 g/mol. The van der Waals surface area contributed by atoms with Gasteiger partial charge in [0.25, 0.3) is 0 Å². The third kappa shape index (κ3) is 1.82. The number of aryl methyl sites for hydroxylation is 2. The third-order valence-corrected chi connectivity index (χ3v) is 6.88. The second-order valence-electron chi connectivity index (χ2n) is 5.94. The summed E-state index contributed by atoms with van der Waals surface area (Å²) in [6.07, 6.45) is 0. The van der Waals surface area contributed by atoms with Gasteiger partial charge in [-0.2, -0.15) is 0 Å². The molecule has 0 amide bonds. The highest BCUT2D eigenvalue weighted by atomic mass is 35.5. The number of fused-ring (bicyclic) bond motifs is 3. The second-order valence-corrected chi connectivity index (χ2v) is 8.05. The van der Waals surface area contributed by atoms with Gasteiger partial charge < -0.3 is 4.90 Å². The summed E-state index contributed by atoms with van der Waals surface area (Å²) in [6, 6.07) is 12.9. The lowest BCUT2D eigenvalue weighted by atomic mass is 9.94. The number of hydrogen-bond acceptors (Lipinski definition) is 2. The van der Waals surface area contributed by atoms with Crippen LogP contribution in [0, 0.1) is 13.8 Å². The van der Waals surface area contributed by atoms with Crippen molar-refractivity contribution in [2.45, 2.75) is 18.7 Å². The molecule has 1 fully saturated rings. The van der Waals surface area contributed by atoms with Crippen LogP contribution in [0.1, 0.15) is 27.8 Å². The zero-order valence-corrected chi connectivity index (χ0v) is 14.9. The van der Waals surface area contributed by atoms with Crippen molar-refractivity contribution in [2.75, 3.05) is 12.3 Å². The van der Waals surface area contributed by atoms with Crippen LogP contribution in [0.4, 0.5) is 0 Å². The summed E-state index contributed by atoms with van der Waals surface area (Å²) in [4.78, 5) is 3.13. The van der Waals surface area contributed by atoms with Gasteiger partial charge in [-0.25, -0.2) is 0 Å². The van der Waals surface area contributed by atoms with E-state index < -0.39 is 0 Å². The molecule has 2 heterocycles. The van der Waals surface area contributed by atoms with Gasteiger partial charge in [-0.05, 0) is 42.7 Å². The summed E-state index contributed by atoms with van der Waals surface area (Å²) < 4.78 is 0. The van der Waals surface area contributed by atoms with Crippen LogP contribution in [0.15, 0.2) is 36.4 Å². The molecule has 1 unspecified atom stereocenters. The van der Waals surface area contributed by atoms with Gasteiger partial charge in [-0.15, -0.1) is 11.8 Å². The molecule has 4 heteroatoms. The van der Waals surface area contributed by atoms with E-state index in [2.05, 4.69) is 49.1 Å². The normalized spacial score (nSPS) is 22.9. The first-order chi connectivity index (χ1) is 10.5. The highest BCUT2D eigenvalue weighted by Gasteiger charge is 2.52. The summed E-state index contributed by atoms with van der Waals surface area (Å²) >= 11 is 14.0. The summed E-state index contributed by atoms with van der Waals surface area (Å²) in [5.74, 6) is 1.08. The van der Waals surface area contributed by atoms with Crippen molar-refractivity contribution in [3.8, 4) is 0 Å². The van der Waals surface area contributed by atoms with Gasteiger partial charge in [0.05, 0.1) is 0 Å². The molecule has 0 bridgehead atoms. The second kappa shape index (κ2) is 4.98. The Bertz CT molecular complexity index is 802. The van der Waals surface area contributed by atoms with E-state index in [1.807, 2.05) is 17.8 Å². The average molecular weight is 346 g/mol. The highest BCUT2D eigenvalue weighted by molar-refractivity contribution is 8.00. The summed E-state index contributed by atoms with van der Waals surface area (Å²) in [7, 11) is 0. The van der Waals surface area contributed by atoms with E-state index in [4.69, 9.17) is 23.8 Å². The molecule has 0 aliphatic carbocycles. The molecule has 0 N–H and O–H groups in total. The van der Waals surface area contributed by atoms with Crippen LogP contribution < -0.4 is 0 Å². The predicted molar refractivity (Wildman–Crippen MR) is 99.0 cm³/mol. The van der Waals surface area contributed by atoms with E-state index in [-0.39, 0.29) is 4.87 Å². The van der Waals surface area contributed by atoms with Gasteiger partial charge in [0.15, 0.2) is 0 Å². The molecule has 1 atom stereocenters. The largest absolute Gasteiger partial charge is 0.339 e. The lowest BCUT2D eigenvalue weighted by molar-refractivity contribution is 0.386. The molecule has 0 radical (unpaired) electrons. The summed E-state index contributed by atoms with van der Waals surface area (Å²) in [5.41, 5.74) is 6.35. The van der Waals surface area contributed by atoms with Gasteiger partial charge >= 0.3 is 0 Å². The third-order valence-electron chi connectivity index (χ3n) is 4.73. The van der Waals surface area contributed by atoms with E-state index in [1.54, 1.807) is 0 Å². The molecule has 0 spiro atoms. The standard InChI is InChI=1S/C18H16ClNS2/c1-11-3-4-13(9-12(11)2)18-16-10-14(19)5-6-15(16)17(21)20(18)7-8-22-18/h3-6,9-10H,7-8H2,1-2H3. The Balaban J connectivity index is 2.01. The fourth-order valence-corrected chi connectivity index (χ4v) is 5.63. The first-order valence-corrected chi connectivity index (χ1v) is 9.15. The molecule has 0 aromatic heterocycles. The van der Waals surface area contributed by atoms with Crippen LogP contribution >= 0.6 is 35.6 Å². The number of benzene rings is 2. The zero-order chi connectivity index (χ0) is 15.5.